The molecule has 13 heteroatoms. The van der Waals surface area contributed by atoms with Crippen molar-refractivity contribution in [2.24, 2.45) is 5.41 Å². The summed E-state index contributed by atoms with van der Waals surface area (Å²) in [6.07, 6.45) is 4.89. The monoisotopic (exact) mass is 737 g/mol. The molecule has 2 aromatic carbocycles. The molecule has 4 aliphatic heterocycles. The zero-order chi connectivity index (χ0) is 36.6. The summed E-state index contributed by atoms with van der Waals surface area (Å²) in [6.45, 7) is 7.25. The number of methoxy groups -OCH3 is 2. The van der Waals surface area contributed by atoms with Gasteiger partial charge in [0.2, 0.25) is 23.6 Å². The van der Waals surface area contributed by atoms with Crippen LogP contribution in [0.2, 0.25) is 5.02 Å². The molecule has 0 saturated carbocycles. The molecule has 4 saturated heterocycles. The normalized spacial score (nSPS) is 21.2. The first-order valence-electron chi connectivity index (χ1n) is 18.2. The van der Waals surface area contributed by atoms with Crippen LogP contribution >= 0.6 is 11.6 Å². The van der Waals surface area contributed by atoms with Crippen LogP contribution in [0.5, 0.6) is 11.8 Å². The zero-order valence-electron chi connectivity index (χ0n) is 30.0. The Kier molecular flexibility index (Phi) is 8.21. The summed E-state index contributed by atoms with van der Waals surface area (Å²) in [5.74, 6) is 0.744. The number of aromatic nitrogens is 3. The summed E-state index contributed by atoms with van der Waals surface area (Å²) < 4.78 is 28.2. The molecule has 1 N–H and O–H groups in total. The number of hydrogen-bond acceptors (Lipinski definition) is 9. The van der Waals surface area contributed by atoms with Gasteiger partial charge in [-0.3, -0.25) is 24.4 Å². The van der Waals surface area contributed by atoms with E-state index in [1.165, 1.54) is 0 Å². The molecule has 5 aliphatic rings. The minimum atomic E-state index is -0.426. The van der Waals surface area contributed by atoms with Gasteiger partial charge >= 0.3 is 0 Å². The first-order chi connectivity index (χ1) is 25.6. The highest BCUT2D eigenvalue weighted by Gasteiger charge is 2.55. The quantitative estimate of drug-likeness (QED) is 0.258. The summed E-state index contributed by atoms with van der Waals surface area (Å²) in [5.41, 5.74) is 5.85. The molecule has 0 radical (unpaired) electrons. The lowest BCUT2D eigenvalue weighted by atomic mass is 9.72. The van der Waals surface area contributed by atoms with Crippen LogP contribution in [0.25, 0.3) is 33.6 Å². The van der Waals surface area contributed by atoms with Gasteiger partial charge in [0.15, 0.2) is 0 Å². The largest absolute Gasteiger partial charge is 0.481 e. The first-order valence-corrected chi connectivity index (χ1v) is 18.5. The predicted octanol–water partition coefficient (Wildman–Crippen LogP) is 5.30. The molecule has 53 heavy (non-hydrogen) atoms. The zero-order valence-corrected chi connectivity index (χ0v) is 30.8. The van der Waals surface area contributed by atoms with Crippen LogP contribution in [0.4, 0.5) is 4.39 Å². The number of halogens is 2. The molecule has 1 aliphatic carbocycles. The molecular weight excluding hydrogens is 697 g/mol. The van der Waals surface area contributed by atoms with Crippen molar-refractivity contribution in [1.82, 2.24) is 35.0 Å². The maximum atomic E-state index is 16.6. The highest BCUT2D eigenvalue weighted by molar-refractivity contribution is 6.36. The molecule has 2 spiro atoms. The van der Waals surface area contributed by atoms with Crippen LogP contribution in [-0.2, 0) is 22.6 Å². The van der Waals surface area contributed by atoms with Crippen molar-refractivity contribution in [3.63, 3.8) is 0 Å². The fraction of sp³-hybridized carbons (Fsp3) is 0.425. The van der Waals surface area contributed by atoms with Crippen molar-refractivity contribution >= 4 is 23.4 Å². The predicted molar refractivity (Wildman–Crippen MR) is 197 cm³/mol. The van der Waals surface area contributed by atoms with Crippen molar-refractivity contribution in [2.45, 2.75) is 50.7 Å². The molecule has 4 aromatic rings. The SMILES string of the molecule is COc1nc(-c2cccc(-c3cccc(-c4cc5c(c(OC)n4)C(N4CC6(CN(C(C)=O)C6)C4)CC5)c3F)c2Cl)cnc1CN1CC2(CCC(=O)N2)C1. The van der Waals surface area contributed by atoms with Crippen molar-refractivity contribution in [3.05, 3.63) is 76.3 Å². The lowest BCUT2D eigenvalue weighted by Gasteiger charge is -2.61. The number of carbonyl (C=O) groups is 2. The van der Waals surface area contributed by atoms with E-state index in [4.69, 9.17) is 36.0 Å². The van der Waals surface area contributed by atoms with Gasteiger partial charge in [0, 0.05) is 98.4 Å². The third-order valence-corrected chi connectivity index (χ3v) is 12.3. The first kappa shape index (κ1) is 34.1. The van der Waals surface area contributed by atoms with Crippen molar-refractivity contribution < 1.29 is 23.5 Å². The Balaban J connectivity index is 0.958. The Morgan fingerprint density at radius 1 is 0.943 bits per heavy atom. The molecule has 2 amide bonds. The highest BCUT2D eigenvalue weighted by atomic mass is 35.5. The average Bonchev–Trinajstić information content (AvgIpc) is 3.71. The number of pyridine rings is 1. The van der Waals surface area contributed by atoms with E-state index in [1.807, 2.05) is 29.2 Å². The number of aryl methyl sites for hydroxylation is 1. The van der Waals surface area contributed by atoms with E-state index >= 15 is 4.39 Å². The summed E-state index contributed by atoms with van der Waals surface area (Å²) >= 11 is 7.05. The van der Waals surface area contributed by atoms with Gasteiger partial charge in [0.05, 0.1) is 42.4 Å². The number of carbonyl (C=O) groups excluding carboxylic acids is 2. The minimum absolute atomic E-state index is 0.112. The third kappa shape index (κ3) is 5.73. The highest BCUT2D eigenvalue weighted by Crippen LogP contribution is 2.50. The maximum absolute atomic E-state index is 16.6. The molecule has 9 rings (SSSR count). The molecule has 1 unspecified atom stereocenters. The van der Waals surface area contributed by atoms with Gasteiger partial charge in [-0.25, -0.2) is 14.4 Å². The van der Waals surface area contributed by atoms with Crippen molar-refractivity contribution in [2.75, 3.05) is 53.5 Å². The molecule has 0 bridgehead atoms. The summed E-state index contributed by atoms with van der Waals surface area (Å²) in [5, 5.41) is 3.46. The summed E-state index contributed by atoms with van der Waals surface area (Å²) in [7, 11) is 3.18. The Bertz CT molecular complexity index is 2160. The van der Waals surface area contributed by atoms with E-state index in [-0.39, 0.29) is 28.8 Å². The lowest BCUT2D eigenvalue weighted by molar-refractivity contribution is -0.161. The smallest absolute Gasteiger partial charge is 0.237 e. The third-order valence-electron chi connectivity index (χ3n) is 11.8. The number of hydrogen-bond donors (Lipinski definition) is 1. The molecule has 2 aromatic heterocycles. The minimum Gasteiger partial charge on any atom is -0.481 e. The summed E-state index contributed by atoms with van der Waals surface area (Å²) in [6, 6.07) is 12.9. The van der Waals surface area contributed by atoms with Crippen molar-refractivity contribution in [1.29, 1.82) is 0 Å². The topological polar surface area (TPSA) is 113 Å². The van der Waals surface area contributed by atoms with Gasteiger partial charge in [-0.2, -0.15) is 0 Å². The van der Waals surface area contributed by atoms with Crippen molar-refractivity contribution in [3.8, 4) is 45.4 Å². The number of rotatable bonds is 8. The molecule has 1 atom stereocenters. The Labute approximate surface area is 312 Å². The van der Waals surface area contributed by atoms with E-state index < -0.39 is 5.82 Å². The molecule has 4 fully saturated rings. The van der Waals surface area contributed by atoms with E-state index in [0.29, 0.717) is 69.1 Å². The number of nitrogens with one attached hydrogen (secondary N) is 1. The molecule has 274 valence electrons. The Hall–Kier alpha value is -4.65. The summed E-state index contributed by atoms with van der Waals surface area (Å²) in [4.78, 5) is 44.4. The van der Waals surface area contributed by atoms with Gasteiger partial charge in [-0.1, -0.05) is 41.9 Å². The molecule has 11 nitrogen and oxygen atoms in total. The fourth-order valence-corrected chi connectivity index (χ4v) is 9.61. The standard InChI is InChI=1S/C40H41ClFN7O4/c1-23(50)48-17-39(18-48)19-49(20-39)32-11-10-24-14-29(44-38(53-3)34(24)32)28-9-5-7-26(36(28)42)25-6-4-8-27(35(25)41)30-15-43-31(37(45-30)52-2)16-47-21-40(22-47)13-12-33(51)46-40/h4-9,14-15,32H,10-13,16-22H2,1-3H3,(H,46,51). The number of ether oxygens (including phenoxy) is 2. The Morgan fingerprint density at radius 3 is 2.34 bits per heavy atom. The van der Waals surface area contributed by atoms with Crippen LogP contribution in [0.1, 0.15) is 49.0 Å². The van der Waals surface area contributed by atoms with Gasteiger partial charge in [0.1, 0.15) is 11.5 Å². The van der Waals surface area contributed by atoms with Crippen LogP contribution < -0.4 is 14.8 Å². The second-order valence-corrected chi connectivity index (χ2v) is 15.8. The number of amides is 2. The van der Waals surface area contributed by atoms with Crippen LogP contribution in [0.3, 0.4) is 0 Å². The molecule has 6 heterocycles. The van der Waals surface area contributed by atoms with Crippen LogP contribution in [0, 0.1) is 11.2 Å². The Morgan fingerprint density at radius 2 is 1.64 bits per heavy atom. The van der Waals surface area contributed by atoms with E-state index in [0.717, 1.165) is 69.7 Å². The van der Waals surface area contributed by atoms with Gasteiger partial charge < -0.3 is 19.7 Å². The lowest BCUT2D eigenvalue weighted by Crippen LogP contribution is -2.72. The second-order valence-electron chi connectivity index (χ2n) is 15.4. The van der Waals surface area contributed by atoms with E-state index in [1.54, 1.807) is 45.5 Å². The number of likely N-dealkylation sites (tertiary alicyclic amines) is 3. The average molecular weight is 738 g/mol. The van der Waals surface area contributed by atoms with E-state index in [2.05, 4.69) is 15.1 Å². The molecular formula is C40H41ClFN7O4. The van der Waals surface area contributed by atoms with Gasteiger partial charge in [-0.05, 0) is 37.0 Å². The number of benzene rings is 2. The van der Waals surface area contributed by atoms with Gasteiger partial charge in [-0.15, -0.1) is 0 Å². The van der Waals surface area contributed by atoms with Crippen LogP contribution in [-0.4, -0.2) is 100 Å². The van der Waals surface area contributed by atoms with Gasteiger partial charge in [0.25, 0.3) is 0 Å². The maximum Gasteiger partial charge on any atom is 0.237 e. The number of nitrogens with zero attached hydrogens (tertiary/aromatic N) is 6. The van der Waals surface area contributed by atoms with E-state index in [9.17, 15) is 9.59 Å². The fourth-order valence-electron chi connectivity index (χ4n) is 9.28. The van der Waals surface area contributed by atoms with Crippen LogP contribution in [0.15, 0.2) is 48.7 Å². The number of fused-ring (bicyclic) bond motifs is 1. The second kappa shape index (κ2) is 12.7.